The normalized spacial score (nSPS) is 22.1. The van der Waals surface area contributed by atoms with E-state index >= 15 is 0 Å². The number of phenolic OH excluding ortho intramolecular Hbond substituents is 1. The highest BCUT2D eigenvalue weighted by atomic mass is 35.5. The molecule has 4 unspecified atom stereocenters. The van der Waals surface area contributed by atoms with Crippen molar-refractivity contribution in [3.05, 3.63) is 81.4 Å². The molecule has 4 atom stereocenters. The molecule has 0 aliphatic carbocycles. The third-order valence-corrected chi connectivity index (χ3v) is 9.85. The maximum Gasteiger partial charge on any atom is 0.335 e. The number of aromatic carboxylic acids is 1. The number of nitrogens with zero attached hydrogens (tertiary/aromatic N) is 5. The number of halogens is 2. The molecule has 0 radical (unpaired) electrons. The molecule has 3 saturated heterocycles. The number of benzene rings is 2. The number of carboxylic acids is 1. The van der Waals surface area contributed by atoms with Gasteiger partial charge in [0.25, 0.3) is 0 Å². The second-order valence-corrected chi connectivity index (χ2v) is 12.9. The summed E-state index contributed by atoms with van der Waals surface area (Å²) < 4.78 is 13.8. The Hall–Kier alpha value is -3.74. The van der Waals surface area contributed by atoms with Crippen molar-refractivity contribution in [2.24, 2.45) is 0 Å². The number of phenols is 1. The summed E-state index contributed by atoms with van der Waals surface area (Å²) in [6, 6.07) is 11.5. The van der Waals surface area contributed by atoms with E-state index in [2.05, 4.69) is 14.8 Å². The zero-order chi connectivity index (χ0) is 32.1. The van der Waals surface area contributed by atoms with Crippen molar-refractivity contribution >= 4 is 51.7 Å². The van der Waals surface area contributed by atoms with Crippen LogP contribution >= 0.6 is 23.2 Å². The van der Waals surface area contributed by atoms with Crippen molar-refractivity contribution in [1.29, 1.82) is 0 Å². The number of carbonyl (C=O) groups is 2. The predicted molar refractivity (Wildman–Crippen MR) is 172 cm³/mol. The lowest BCUT2D eigenvalue weighted by Crippen LogP contribution is -2.59. The van der Waals surface area contributed by atoms with Gasteiger partial charge in [-0.05, 0) is 49.7 Å². The van der Waals surface area contributed by atoms with E-state index in [0.29, 0.717) is 78.5 Å². The van der Waals surface area contributed by atoms with Gasteiger partial charge in [-0.25, -0.2) is 9.78 Å². The molecule has 0 saturated carbocycles. The lowest BCUT2D eigenvalue weighted by Gasteiger charge is -2.45. The highest BCUT2D eigenvalue weighted by Crippen LogP contribution is 2.38. The number of rotatable bonds is 9. The zero-order valence-electron chi connectivity index (χ0n) is 25.1. The molecule has 0 bridgehead atoms. The topological polar surface area (TPSA) is 130 Å². The third kappa shape index (κ3) is 5.60. The summed E-state index contributed by atoms with van der Waals surface area (Å²) in [5.41, 5.74) is 2.83. The van der Waals surface area contributed by atoms with E-state index in [0.717, 1.165) is 12.2 Å². The van der Waals surface area contributed by atoms with E-state index in [1.165, 1.54) is 18.3 Å². The largest absolute Gasteiger partial charge is 0.507 e. The molecule has 0 amide bonds. The molecule has 3 aliphatic heterocycles. The van der Waals surface area contributed by atoms with Crippen LogP contribution in [-0.2, 0) is 22.6 Å². The van der Waals surface area contributed by atoms with E-state index in [1.54, 1.807) is 31.2 Å². The van der Waals surface area contributed by atoms with Crippen LogP contribution in [0.4, 0.5) is 5.69 Å². The number of pyridine rings is 1. The quantitative estimate of drug-likeness (QED) is 0.235. The summed E-state index contributed by atoms with van der Waals surface area (Å²) in [7, 11) is 0. The van der Waals surface area contributed by atoms with E-state index in [1.807, 2.05) is 10.6 Å². The molecule has 0 spiro atoms. The van der Waals surface area contributed by atoms with Crippen molar-refractivity contribution in [1.82, 2.24) is 19.4 Å². The summed E-state index contributed by atoms with van der Waals surface area (Å²) in [6.45, 7) is 5.68. The number of ether oxygens (including phenoxy) is 2. The van der Waals surface area contributed by atoms with Gasteiger partial charge in [0, 0.05) is 25.9 Å². The Morgan fingerprint density at radius 3 is 2.63 bits per heavy atom. The molecule has 11 nitrogen and oxygen atoms in total. The zero-order valence-corrected chi connectivity index (χ0v) is 26.6. The van der Waals surface area contributed by atoms with Gasteiger partial charge >= 0.3 is 5.97 Å². The van der Waals surface area contributed by atoms with Crippen LogP contribution in [-0.4, -0.2) is 92.5 Å². The fraction of sp³-hybridized carbons (Fsp3) is 0.394. The minimum atomic E-state index is -1.05. The molecule has 5 heterocycles. The lowest BCUT2D eigenvalue weighted by molar-refractivity contribution is -0.0592. The Kier molecular flexibility index (Phi) is 8.37. The number of aromatic nitrogens is 3. The number of hydrogen-bond acceptors (Lipinski definition) is 9. The van der Waals surface area contributed by atoms with Crippen LogP contribution < -0.4 is 4.90 Å². The average Bonchev–Trinajstić information content (AvgIpc) is 3.64. The van der Waals surface area contributed by atoms with Gasteiger partial charge in [0.15, 0.2) is 5.78 Å². The van der Waals surface area contributed by atoms with Gasteiger partial charge in [0.05, 0.1) is 88.5 Å². The van der Waals surface area contributed by atoms with Gasteiger partial charge in [-0.3, -0.25) is 14.7 Å². The van der Waals surface area contributed by atoms with Gasteiger partial charge < -0.3 is 29.2 Å². The Morgan fingerprint density at radius 1 is 1.11 bits per heavy atom. The molecule has 7 rings (SSSR count). The van der Waals surface area contributed by atoms with Gasteiger partial charge in [-0.1, -0.05) is 29.3 Å². The molecule has 2 aromatic heterocycles. The van der Waals surface area contributed by atoms with Crippen LogP contribution in [0.3, 0.4) is 0 Å². The van der Waals surface area contributed by atoms with Gasteiger partial charge in [-0.2, -0.15) is 0 Å². The standard InChI is InChI=1S/C33H33Cl2N5O6/c1-18(23-6-5-20(34)13-36-23)32(42)30-24(3-2-4-28(30)41)39-9-8-38(26-16-45-17-27(26)39)15-29-37-31-22(35)11-19(33(43)44)12-25(31)40(29)14-21-7-10-46-21/h2-6,11-13,18,21,26-27,41H,7-10,14-17H2,1H3,(H,43,44). The molecule has 3 fully saturated rings. The summed E-state index contributed by atoms with van der Waals surface area (Å²) in [5.74, 6) is -1.19. The Balaban J connectivity index is 1.18. The van der Waals surface area contributed by atoms with Crippen molar-refractivity contribution in [3.8, 4) is 5.75 Å². The Labute approximate surface area is 275 Å². The van der Waals surface area contributed by atoms with Crippen LogP contribution in [0.1, 0.15) is 51.5 Å². The summed E-state index contributed by atoms with van der Waals surface area (Å²) in [4.78, 5) is 39.4. The fourth-order valence-corrected chi connectivity index (χ4v) is 7.12. The van der Waals surface area contributed by atoms with Crippen LogP contribution in [0.25, 0.3) is 11.0 Å². The van der Waals surface area contributed by atoms with Crippen molar-refractivity contribution in [2.45, 2.75) is 50.5 Å². The first-order chi connectivity index (χ1) is 22.2. The number of carboxylic acid groups (broad SMARTS) is 1. The molecule has 3 aliphatic rings. The molecular formula is C33H33Cl2N5O6. The monoisotopic (exact) mass is 665 g/mol. The lowest BCUT2D eigenvalue weighted by atomic mass is 9.92. The number of fused-ring (bicyclic) bond motifs is 2. The number of hydrogen-bond donors (Lipinski definition) is 2. The van der Waals surface area contributed by atoms with E-state index in [-0.39, 0.29) is 40.8 Å². The molecule has 4 aromatic rings. The molecule has 13 heteroatoms. The van der Waals surface area contributed by atoms with E-state index in [4.69, 9.17) is 37.7 Å². The second kappa shape index (κ2) is 12.5. The number of Topliss-reactive ketones (excluding diaryl/α,β-unsaturated/α-hetero) is 1. The fourth-order valence-electron chi connectivity index (χ4n) is 6.75. The smallest absolute Gasteiger partial charge is 0.335 e. The minimum absolute atomic E-state index is 0.0207. The first kappa shape index (κ1) is 30.9. The van der Waals surface area contributed by atoms with Gasteiger partial charge in [0.1, 0.15) is 17.1 Å². The van der Waals surface area contributed by atoms with Crippen molar-refractivity contribution in [2.75, 3.05) is 37.8 Å². The minimum Gasteiger partial charge on any atom is -0.507 e. The van der Waals surface area contributed by atoms with Crippen LogP contribution in [0.15, 0.2) is 48.7 Å². The van der Waals surface area contributed by atoms with Crippen molar-refractivity contribution < 1.29 is 29.3 Å². The molecular weight excluding hydrogens is 633 g/mol. The number of anilines is 1. The predicted octanol–water partition coefficient (Wildman–Crippen LogP) is 5.01. The van der Waals surface area contributed by atoms with Crippen molar-refractivity contribution in [3.63, 3.8) is 0 Å². The second-order valence-electron chi connectivity index (χ2n) is 12.0. The van der Waals surface area contributed by atoms with E-state index in [9.17, 15) is 19.8 Å². The van der Waals surface area contributed by atoms with Gasteiger partial charge in [0.2, 0.25) is 0 Å². The molecule has 2 N–H and O–H groups in total. The maximum absolute atomic E-state index is 13.9. The Morgan fingerprint density at radius 2 is 1.91 bits per heavy atom. The number of imidazole rings is 1. The molecule has 240 valence electrons. The summed E-state index contributed by atoms with van der Waals surface area (Å²) in [5, 5.41) is 21.4. The number of piperazine rings is 1. The maximum atomic E-state index is 13.9. The van der Waals surface area contributed by atoms with Crippen LogP contribution in [0.5, 0.6) is 5.75 Å². The van der Waals surface area contributed by atoms with Gasteiger partial charge in [-0.15, -0.1) is 0 Å². The Bertz CT molecular complexity index is 1810. The highest BCUT2D eigenvalue weighted by Gasteiger charge is 2.43. The number of aromatic hydroxyl groups is 1. The third-order valence-electron chi connectivity index (χ3n) is 9.34. The SMILES string of the molecule is CC(C(=O)c1c(O)cccc1N1CCN(Cc2nc3c(Cl)cc(C(=O)O)cc3n2CC2CCO2)C2COCC21)c1ccc(Cl)cn1. The molecule has 46 heavy (non-hydrogen) atoms. The number of ketones is 1. The highest BCUT2D eigenvalue weighted by molar-refractivity contribution is 6.35. The van der Waals surface area contributed by atoms with Crippen LogP contribution in [0, 0.1) is 0 Å². The average molecular weight is 667 g/mol. The first-order valence-corrected chi connectivity index (χ1v) is 16.0. The first-order valence-electron chi connectivity index (χ1n) is 15.3. The number of carbonyl (C=O) groups excluding carboxylic acids is 1. The van der Waals surface area contributed by atoms with E-state index < -0.39 is 11.9 Å². The molecule has 2 aromatic carbocycles. The summed E-state index contributed by atoms with van der Waals surface area (Å²) in [6.07, 6.45) is 2.45. The summed E-state index contributed by atoms with van der Waals surface area (Å²) >= 11 is 12.6. The van der Waals surface area contributed by atoms with Crippen LogP contribution in [0.2, 0.25) is 10.0 Å².